The van der Waals surface area contributed by atoms with Crippen LogP contribution in [0, 0.1) is 5.82 Å². The van der Waals surface area contributed by atoms with Crippen LogP contribution in [-0.2, 0) is 11.3 Å². The first-order valence-electron chi connectivity index (χ1n) is 10.5. The number of alkyl carbamates (subject to hydrolysis) is 1. The minimum absolute atomic E-state index is 0.0485. The van der Waals surface area contributed by atoms with Gasteiger partial charge in [-0.25, -0.2) is 14.0 Å². The maximum atomic E-state index is 15.0. The van der Waals surface area contributed by atoms with Crippen molar-refractivity contribution in [3.8, 4) is 5.75 Å². The standard InChI is InChI=1S/C23H23FN4O6/c1-25-28-11-16(22(31)32)20(29)15-9-17(24)19(21(30)18(15)28)27-8-7-14(10-27)26-23(33)34-12-13-5-3-2-4-6-13/h2-6,9,11,14,25,30H,7-8,10,12H2,1H3,(H,26,33)(H,31,32). The number of halogens is 1. The average molecular weight is 470 g/mol. The van der Waals surface area contributed by atoms with Gasteiger partial charge in [-0.2, -0.15) is 0 Å². The molecule has 178 valence electrons. The number of pyridine rings is 1. The zero-order valence-electron chi connectivity index (χ0n) is 18.2. The number of hydrogen-bond donors (Lipinski definition) is 4. The maximum absolute atomic E-state index is 15.0. The van der Waals surface area contributed by atoms with Gasteiger partial charge in [0.2, 0.25) is 5.43 Å². The Morgan fingerprint density at radius 3 is 2.68 bits per heavy atom. The molecule has 0 saturated carbocycles. The summed E-state index contributed by atoms with van der Waals surface area (Å²) in [6.45, 7) is 0.646. The Balaban J connectivity index is 1.55. The first-order valence-corrected chi connectivity index (χ1v) is 10.5. The van der Waals surface area contributed by atoms with Crippen LogP contribution in [0.4, 0.5) is 14.9 Å². The highest BCUT2D eigenvalue weighted by molar-refractivity contribution is 5.96. The van der Waals surface area contributed by atoms with E-state index in [0.29, 0.717) is 13.0 Å². The van der Waals surface area contributed by atoms with Crippen molar-refractivity contribution in [2.75, 3.05) is 30.5 Å². The lowest BCUT2D eigenvalue weighted by atomic mass is 10.1. The number of benzene rings is 2. The molecule has 0 radical (unpaired) electrons. The lowest BCUT2D eigenvalue weighted by molar-refractivity contribution is 0.0694. The van der Waals surface area contributed by atoms with E-state index in [9.17, 15) is 24.6 Å². The molecule has 4 rings (SSSR count). The molecule has 1 aromatic heterocycles. The number of aromatic carboxylic acids is 1. The van der Waals surface area contributed by atoms with Crippen LogP contribution in [0.15, 0.2) is 47.4 Å². The van der Waals surface area contributed by atoms with Gasteiger partial charge >= 0.3 is 12.1 Å². The van der Waals surface area contributed by atoms with E-state index < -0.39 is 34.6 Å². The number of aromatic nitrogens is 1. The molecule has 4 N–H and O–H groups in total. The number of carbonyl (C=O) groups is 2. The molecule has 1 saturated heterocycles. The van der Waals surface area contributed by atoms with Crippen molar-refractivity contribution in [2.45, 2.75) is 19.1 Å². The van der Waals surface area contributed by atoms with Gasteiger partial charge < -0.3 is 30.6 Å². The number of phenols is 1. The van der Waals surface area contributed by atoms with E-state index in [1.165, 1.54) is 7.05 Å². The molecule has 1 aliphatic heterocycles. The van der Waals surface area contributed by atoms with Crippen LogP contribution >= 0.6 is 0 Å². The number of rotatable bonds is 6. The second-order valence-corrected chi connectivity index (χ2v) is 7.86. The fourth-order valence-electron chi connectivity index (χ4n) is 4.07. The van der Waals surface area contributed by atoms with Crippen LogP contribution in [0.3, 0.4) is 0 Å². The highest BCUT2D eigenvalue weighted by atomic mass is 19.1. The molecule has 10 nitrogen and oxygen atoms in total. The highest BCUT2D eigenvalue weighted by Gasteiger charge is 2.30. The molecular formula is C23H23FN4O6. The number of carboxylic acid groups (broad SMARTS) is 1. The minimum atomic E-state index is -1.47. The van der Waals surface area contributed by atoms with Crippen LogP contribution in [0.25, 0.3) is 10.9 Å². The number of nitrogens with one attached hydrogen (secondary N) is 2. The summed E-state index contributed by atoms with van der Waals surface area (Å²) in [7, 11) is 1.47. The lowest BCUT2D eigenvalue weighted by Crippen LogP contribution is -2.37. The molecule has 1 fully saturated rings. The predicted octanol–water partition coefficient (Wildman–Crippen LogP) is 2.22. The average Bonchev–Trinajstić information content (AvgIpc) is 3.26. The number of anilines is 1. The topological polar surface area (TPSA) is 133 Å². The van der Waals surface area contributed by atoms with Crippen LogP contribution in [0.5, 0.6) is 5.75 Å². The van der Waals surface area contributed by atoms with Gasteiger partial charge in [-0.15, -0.1) is 0 Å². The summed E-state index contributed by atoms with van der Waals surface area (Å²) < 4.78 is 21.4. The third-order valence-electron chi connectivity index (χ3n) is 5.70. The van der Waals surface area contributed by atoms with Gasteiger partial charge in [0, 0.05) is 26.3 Å². The molecular weight excluding hydrogens is 447 g/mol. The number of carbonyl (C=O) groups excluding carboxylic acids is 1. The van der Waals surface area contributed by atoms with E-state index in [-0.39, 0.29) is 35.8 Å². The van der Waals surface area contributed by atoms with E-state index in [1.807, 2.05) is 30.3 Å². The summed E-state index contributed by atoms with van der Waals surface area (Å²) in [5.41, 5.74) is 1.86. The van der Waals surface area contributed by atoms with Crippen LogP contribution in [0.2, 0.25) is 0 Å². The molecule has 34 heavy (non-hydrogen) atoms. The van der Waals surface area contributed by atoms with Crippen LogP contribution in [-0.4, -0.2) is 53.1 Å². The van der Waals surface area contributed by atoms with Gasteiger partial charge in [0.05, 0.1) is 11.4 Å². The summed E-state index contributed by atoms with van der Waals surface area (Å²) >= 11 is 0. The van der Waals surface area contributed by atoms with Gasteiger partial charge in [0.1, 0.15) is 23.4 Å². The van der Waals surface area contributed by atoms with Crippen molar-refractivity contribution in [2.24, 2.45) is 0 Å². The molecule has 2 heterocycles. The van der Waals surface area contributed by atoms with Crippen molar-refractivity contribution < 1.29 is 28.9 Å². The quantitative estimate of drug-likeness (QED) is 0.431. The molecule has 2 aromatic carbocycles. The van der Waals surface area contributed by atoms with Crippen molar-refractivity contribution in [1.82, 2.24) is 9.99 Å². The number of aromatic hydroxyl groups is 1. The number of nitrogens with zero attached hydrogens (tertiary/aromatic N) is 2. The zero-order chi connectivity index (χ0) is 24.4. The fourth-order valence-corrected chi connectivity index (χ4v) is 4.07. The van der Waals surface area contributed by atoms with Crippen molar-refractivity contribution in [3.63, 3.8) is 0 Å². The number of phenolic OH excluding ortho intramolecular Hbond substituents is 1. The monoisotopic (exact) mass is 470 g/mol. The van der Waals surface area contributed by atoms with E-state index in [0.717, 1.165) is 22.5 Å². The summed E-state index contributed by atoms with van der Waals surface area (Å²) in [5.74, 6) is -2.85. The summed E-state index contributed by atoms with van der Waals surface area (Å²) in [4.78, 5) is 37.6. The van der Waals surface area contributed by atoms with E-state index in [1.54, 1.807) is 4.90 Å². The summed E-state index contributed by atoms with van der Waals surface area (Å²) in [5, 5.41) is 22.6. The third-order valence-corrected chi connectivity index (χ3v) is 5.70. The van der Waals surface area contributed by atoms with Crippen LogP contribution in [0.1, 0.15) is 22.3 Å². The van der Waals surface area contributed by atoms with Gasteiger partial charge in [0.15, 0.2) is 11.6 Å². The Morgan fingerprint density at radius 1 is 1.26 bits per heavy atom. The zero-order valence-corrected chi connectivity index (χ0v) is 18.2. The molecule has 0 bridgehead atoms. The first-order chi connectivity index (χ1) is 16.3. The molecule has 0 aliphatic carbocycles. The SMILES string of the molecule is CNn1cc(C(=O)O)c(=O)c2cc(F)c(N3CCC(NC(=O)OCc4ccccc4)C3)c(O)c21. The third kappa shape index (κ3) is 4.32. The van der Waals surface area contributed by atoms with Gasteiger partial charge in [-0.3, -0.25) is 9.47 Å². The predicted molar refractivity (Wildman–Crippen MR) is 122 cm³/mol. The Hall–Kier alpha value is -4.28. The molecule has 1 amide bonds. The fraction of sp³-hybridized carbons (Fsp3) is 0.261. The minimum Gasteiger partial charge on any atom is -0.504 e. The van der Waals surface area contributed by atoms with Gasteiger partial charge in [0.25, 0.3) is 0 Å². The molecule has 11 heteroatoms. The number of hydrogen-bond acceptors (Lipinski definition) is 7. The number of ether oxygens (including phenoxy) is 1. The van der Waals surface area contributed by atoms with E-state index in [4.69, 9.17) is 4.74 Å². The summed E-state index contributed by atoms with van der Waals surface area (Å²) in [6, 6.07) is 9.78. The van der Waals surface area contributed by atoms with Crippen molar-refractivity contribution in [1.29, 1.82) is 0 Å². The second kappa shape index (κ2) is 9.30. The molecule has 0 spiro atoms. The van der Waals surface area contributed by atoms with Crippen LogP contribution < -0.4 is 21.1 Å². The Kier molecular flexibility index (Phi) is 6.26. The highest BCUT2D eigenvalue weighted by Crippen LogP contribution is 2.38. The van der Waals surface area contributed by atoms with Gasteiger partial charge in [-0.05, 0) is 18.1 Å². The number of amides is 1. The number of fused-ring (bicyclic) bond motifs is 1. The first kappa shape index (κ1) is 22.9. The van der Waals surface area contributed by atoms with Crippen molar-refractivity contribution >= 4 is 28.7 Å². The Labute approximate surface area is 193 Å². The Bertz CT molecular complexity index is 1310. The van der Waals surface area contributed by atoms with Crippen molar-refractivity contribution in [3.05, 3.63) is 69.8 Å². The molecule has 1 unspecified atom stereocenters. The normalized spacial score (nSPS) is 15.4. The second-order valence-electron chi connectivity index (χ2n) is 7.86. The molecule has 1 atom stereocenters. The molecule has 1 aliphatic rings. The Morgan fingerprint density at radius 2 is 2.00 bits per heavy atom. The number of carboxylic acids is 1. The molecule has 3 aromatic rings. The van der Waals surface area contributed by atoms with E-state index >= 15 is 4.39 Å². The largest absolute Gasteiger partial charge is 0.504 e. The van der Waals surface area contributed by atoms with E-state index in [2.05, 4.69) is 10.7 Å². The summed E-state index contributed by atoms with van der Waals surface area (Å²) in [6.07, 6.45) is 0.906. The van der Waals surface area contributed by atoms with Gasteiger partial charge in [-0.1, -0.05) is 30.3 Å². The lowest BCUT2D eigenvalue weighted by Gasteiger charge is -2.23. The maximum Gasteiger partial charge on any atom is 0.407 e. The smallest absolute Gasteiger partial charge is 0.407 e.